The fourth-order valence-electron chi connectivity index (χ4n) is 2.10. The maximum absolute atomic E-state index is 11.6. The molecule has 118 valence electrons. The third-order valence-electron chi connectivity index (χ3n) is 3.33. The van der Waals surface area contributed by atoms with Crippen molar-refractivity contribution in [3.8, 4) is 0 Å². The van der Waals surface area contributed by atoms with Gasteiger partial charge in [0.15, 0.2) is 0 Å². The zero-order valence-electron chi connectivity index (χ0n) is 13.3. The van der Waals surface area contributed by atoms with Gasteiger partial charge in [-0.3, -0.25) is 9.69 Å². The van der Waals surface area contributed by atoms with Gasteiger partial charge in [-0.05, 0) is 34.1 Å². The van der Waals surface area contributed by atoms with Gasteiger partial charge in [-0.15, -0.1) is 0 Å². The summed E-state index contributed by atoms with van der Waals surface area (Å²) < 4.78 is 0. The Balaban J connectivity index is 3.96. The molecular weight excluding hydrogens is 258 g/mol. The van der Waals surface area contributed by atoms with E-state index in [1.54, 1.807) is 6.92 Å². The number of hydrogen-bond donors (Lipinski definition) is 3. The SMILES string of the molecule is CCC(CNC(=O)NCCN(C(C)C)C(C)C)C(=O)O. The van der Waals surface area contributed by atoms with Crippen LogP contribution in [0.25, 0.3) is 0 Å². The topological polar surface area (TPSA) is 81.7 Å². The molecule has 1 unspecified atom stereocenters. The standard InChI is InChI=1S/C14H29N3O3/c1-6-12(13(18)19)9-16-14(20)15-7-8-17(10(2)3)11(4)5/h10-12H,6-9H2,1-5H3,(H,18,19)(H2,15,16,20). The molecule has 0 rings (SSSR count). The summed E-state index contributed by atoms with van der Waals surface area (Å²) >= 11 is 0. The van der Waals surface area contributed by atoms with Gasteiger partial charge in [-0.2, -0.15) is 0 Å². The summed E-state index contributed by atoms with van der Waals surface area (Å²) in [6, 6.07) is 0.546. The van der Waals surface area contributed by atoms with E-state index in [0.717, 1.165) is 6.54 Å². The van der Waals surface area contributed by atoms with Crippen molar-refractivity contribution >= 4 is 12.0 Å². The number of carboxylic acids is 1. The first-order valence-corrected chi connectivity index (χ1v) is 7.29. The van der Waals surface area contributed by atoms with Crippen LogP contribution in [0.3, 0.4) is 0 Å². The van der Waals surface area contributed by atoms with E-state index in [1.807, 2.05) is 0 Å². The highest BCUT2D eigenvalue weighted by atomic mass is 16.4. The molecule has 6 heteroatoms. The van der Waals surface area contributed by atoms with Crippen molar-refractivity contribution in [1.29, 1.82) is 0 Å². The van der Waals surface area contributed by atoms with Gasteiger partial charge in [0.1, 0.15) is 0 Å². The molecule has 0 saturated heterocycles. The van der Waals surface area contributed by atoms with Crippen molar-refractivity contribution < 1.29 is 14.7 Å². The van der Waals surface area contributed by atoms with Gasteiger partial charge in [-0.1, -0.05) is 6.92 Å². The second-order valence-corrected chi connectivity index (χ2v) is 5.51. The number of rotatable bonds is 9. The van der Waals surface area contributed by atoms with Crippen molar-refractivity contribution in [2.75, 3.05) is 19.6 Å². The second-order valence-electron chi connectivity index (χ2n) is 5.51. The van der Waals surface area contributed by atoms with E-state index in [1.165, 1.54) is 0 Å². The second kappa shape index (κ2) is 9.58. The van der Waals surface area contributed by atoms with E-state index < -0.39 is 11.9 Å². The molecule has 20 heavy (non-hydrogen) atoms. The number of amides is 2. The lowest BCUT2D eigenvalue weighted by molar-refractivity contribution is -0.141. The Kier molecular flexibility index (Phi) is 8.96. The number of carboxylic acid groups (broad SMARTS) is 1. The largest absolute Gasteiger partial charge is 0.481 e. The number of carbonyl (C=O) groups is 2. The van der Waals surface area contributed by atoms with Gasteiger partial charge < -0.3 is 15.7 Å². The van der Waals surface area contributed by atoms with E-state index >= 15 is 0 Å². The Morgan fingerprint density at radius 2 is 1.65 bits per heavy atom. The first-order valence-electron chi connectivity index (χ1n) is 7.29. The molecular formula is C14H29N3O3. The minimum atomic E-state index is -0.876. The molecule has 3 N–H and O–H groups in total. The van der Waals surface area contributed by atoms with Crippen molar-refractivity contribution in [2.24, 2.45) is 5.92 Å². The van der Waals surface area contributed by atoms with Crippen molar-refractivity contribution in [3.05, 3.63) is 0 Å². The number of hydrogen-bond acceptors (Lipinski definition) is 3. The van der Waals surface area contributed by atoms with Crippen LogP contribution in [-0.4, -0.2) is 53.7 Å². The van der Waals surface area contributed by atoms with Gasteiger partial charge >= 0.3 is 12.0 Å². The molecule has 0 spiro atoms. The third-order valence-corrected chi connectivity index (χ3v) is 3.33. The highest BCUT2D eigenvalue weighted by molar-refractivity contribution is 5.75. The van der Waals surface area contributed by atoms with Crippen LogP contribution in [-0.2, 0) is 4.79 Å². The van der Waals surface area contributed by atoms with E-state index in [4.69, 9.17) is 5.11 Å². The number of nitrogens with one attached hydrogen (secondary N) is 2. The molecule has 0 fully saturated rings. The molecule has 0 aromatic carbocycles. The average Bonchev–Trinajstić information content (AvgIpc) is 2.33. The summed E-state index contributed by atoms with van der Waals surface area (Å²) in [6.45, 7) is 11.8. The molecule has 0 aromatic rings. The summed E-state index contributed by atoms with van der Waals surface area (Å²) in [6.07, 6.45) is 0.504. The van der Waals surface area contributed by atoms with Gasteiger partial charge in [-0.25, -0.2) is 4.79 Å². The van der Waals surface area contributed by atoms with Crippen LogP contribution in [0.4, 0.5) is 4.79 Å². The predicted octanol–water partition coefficient (Wildman–Crippen LogP) is 1.52. The van der Waals surface area contributed by atoms with Crippen molar-refractivity contribution in [1.82, 2.24) is 15.5 Å². The molecule has 0 aliphatic rings. The van der Waals surface area contributed by atoms with E-state index in [2.05, 4.69) is 43.2 Å². The van der Waals surface area contributed by atoms with Crippen molar-refractivity contribution in [3.63, 3.8) is 0 Å². The number of urea groups is 1. The number of nitrogens with zero attached hydrogens (tertiary/aromatic N) is 1. The van der Waals surface area contributed by atoms with Gasteiger partial charge in [0.2, 0.25) is 0 Å². The predicted molar refractivity (Wildman–Crippen MR) is 79.8 cm³/mol. The lowest BCUT2D eigenvalue weighted by atomic mass is 10.1. The van der Waals surface area contributed by atoms with E-state index in [9.17, 15) is 9.59 Å². The summed E-state index contributed by atoms with van der Waals surface area (Å²) in [5.41, 5.74) is 0. The van der Waals surface area contributed by atoms with E-state index in [0.29, 0.717) is 25.0 Å². The maximum atomic E-state index is 11.6. The van der Waals surface area contributed by atoms with Crippen LogP contribution in [0, 0.1) is 5.92 Å². The fourth-order valence-corrected chi connectivity index (χ4v) is 2.10. The van der Waals surface area contributed by atoms with Gasteiger partial charge in [0.25, 0.3) is 0 Å². The first-order chi connectivity index (χ1) is 9.29. The molecule has 0 radical (unpaired) electrons. The summed E-state index contributed by atoms with van der Waals surface area (Å²) in [7, 11) is 0. The monoisotopic (exact) mass is 287 g/mol. The summed E-state index contributed by atoms with van der Waals surface area (Å²) in [5.74, 6) is -1.40. The van der Waals surface area contributed by atoms with Crippen LogP contribution < -0.4 is 10.6 Å². The molecule has 0 bridgehead atoms. The number of carbonyl (C=O) groups excluding carboxylic acids is 1. The average molecular weight is 287 g/mol. The van der Waals surface area contributed by atoms with Gasteiger partial charge in [0.05, 0.1) is 5.92 Å². The van der Waals surface area contributed by atoms with Crippen molar-refractivity contribution in [2.45, 2.75) is 53.1 Å². The highest BCUT2D eigenvalue weighted by Crippen LogP contribution is 2.03. The maximum Gasteiger partial charge on any atom is 0.314 e. The summed E-state index contributed by atoms with van der Waals surface area (Å²) in [4.78, 5) is 24.7. The minimum absolute atomic E-state index is 0.162. The van der Waals surface area contributed by atoms with Crippen LogP contribution in [0.15, 0.2) is 0 Å². The highest BCUT2D eigenvalue weighted by Gasteiger charge is 2.16. The fraction of sp³-hybridized carbons (Fsp3) is 0.857. The molecule has 0 saturated carbocycles. The van der Waals surface area contributed by atoms with E-state index in [-0.39, 0.29) is 12.6 Å². The quantitative estimate of drug-likeness (QED) is 0.600. The van der Waals surface area contributed by atoms with Crippen LogP contribution in [0.5, 0.6) is 0 Å². The van der Waals surface area contributed by atoms with Crippen LogP contribution >= 0.6 is 0 Å². The minimum Gasteiger partial charge on any atom is -0.481 e. The molecule has 0 aliphatic heterocycles. The molecule has 1 atom stereocenters. The van der Waals surface area contributed by atoms with Gasteiger partial charge in [0, 0.05) is 31.7 Å². The van der Waals surface area contributed by atoms with Crippen LogP contribution in [0.1, 0.15) is 41.0 Å². The molecule has 0 aliphatic carbocycles. The molecule has 6 nitrogen and oxygen atoms in total. The zero-order chi connectivity index (χ0) is 15.7. The lowest BCUT2D eigenvalue weighted by Gasteiger charge is -2.30. The molecule has 2 amide bonds. The first kappa shape index (κ1) is 18.7. The summed E-state index contributed by atoms with van der Waals surface area (Å²) in [5, 5.41) is 14.2. The Morgan fingerprint density at radius 1 is 1.10 bits per heavy atom. The third kappa shape index (κ3) is 7.33. The number of aliphatic carboxylic acids is 1. The Bertz CT molecular complexity index is 298. The zero-order valence-corrected chi connectivity index (χ0v) is 13.3. The normalized spacial score (nSPS) is 12.8. The van der Waals surface area contributed by atoms with Crippen LogP contribution in [0.2, 0.25) is 0 Å². The Labute approximate surface area is 121 Å². The lowest BCUT2D eigenvalue weighted by Crippen LogP contribution is -2.45. The molecule has 0 heterocycles. The molecule has 0 aromatic heterocycles. The Morgan fingerprint density at radius 3 is 2.05 bits per heavy atom. The smallest absolute Gasteiger partial charge is 0.314 e. The Hall–Kier alpha value is -1.30.